The highest BCUT2D eigenvalue weighted by Gasteiger charge is 2.30. The zero-order valence-electron chi connectivity index (χ0n) is 14.9. The first-order valence-corrected chi connectivity index (χ1v) is 8.74. The second-order valence-corrected chi connectivity index (χ2v) is 6.70. The number of aromatic nitrogens is 3. The van der Waals surface area contributed by atoms with Gasteiger partial charge in [-0.05, 0) is 42.8 Å². The van der Waals surface area contributed by atoms with Crippen LogP contribution in [0.4, 0.5) is 21.7 Å². The molecule has 1 aliphatic rings. The number of halogens is 2. The fraction of sp³-hybridized carbons (Fsp3) is 0.0526. The molecule has 0 bridgehead atoms. The van der Waals surface area contributed by atoms with Gasteiger partial charge in [0.05, 0.1) is 16.2 Å². The number of benzene rings is 1. The average Bonchev–Trinajstić information content (AvgIpc) is 3.19. The number of amides is 1. The van der Waals surface area contributed by atoms with E-state index in [0.29, 0.717) is 34.1 Å². The first kappa shape index (κ1) is 18.6. The maximum Gasteiger partial charge on any atom is 0.352 e. The van der Waals surface area contributed by atoms with Gasteiger partial charge in [0.1, 0.15) is 29.5 Å². The maximum atomic E-state index is 13.4. The molecule has 0 radical (unpaired) electrons. The largest absolute Gasteiger partial charge is 0.477 e. The standard InChI is InChI=1S/C19H13ClFN5O3/c1-8-4-14(19(28)29)25-13(8)6-10-15-16(22-7-23-17(15)26-18(10)27)24-9-2-3-12(21)11(20)5-9/h2-7,25H,1H3,(H,28,29)(H2,22,23,24,26,27). The van der Waals surface area contributed by atoms with Gasteiger partial charge in [0.25, 0.3) is 5.91 Å². The van der Waals surface area contributed by atoms with Crippen molar-refractivity contribution in [2.45, 2.75) is 6.92 Å². The summed E-state index contributed by atoms with van der Waals surface area (Å²) in [5.74, 6) is -1.46. The van der Waals surface area contributed by atoms with Crippen LogP contribution >= 0.6 is 11.6 Å². The van der Waals surface area contributed by atoms with E-state index in [0.717, 1.165) is 0 Å². The molecule has 0 spiro atoms. The summed E-state index contributed by atoms with van der Waals surface area (Å²) >= 11 is 5.82. The smallest absolute Gasteiger partial charge is 0.352 e. The molecule has 146 valence electrons. The number of carboxylic acid groups (broad SMARTS) is 1. The van der Waals surface area contributed by atoms with Crippen molar-refractivity contribution in [2.24, 2.45) is 0 Å². The Labute approximate surface area is 168 Å². The number of carbonyl (C=O) groups is 2. The molecular formula is C19H13ClFN5O3. The maximum absolute atomic E-state index is 13.4. The van der Waals surface area contributed by atoms with Crippen LogP contribution in [0.2, 0.25) is 5.02 Å². The summed E-state index contributed by atoms with van der Waals surface area (Å²) in [6.07, 6.45) is 2.81. The van der Waals surface area contributed by atoms with E-state index in [9.17, 15) is 14.0 Å². The molecule has 29 heavy (non-hydrogen) atoms. The van der Waals surface area contributed by atoms with Crippen LogP contribution in [0.1, 0.15) is 27.3 Å². The highest BCUT2D eigenvalue weighted by molar-refractivity contribution is 6.35. The Morgan fingerprint density at radius 2 is 2.10 bits per heavy atom. The van der Waals surface area contributed by atoms with Crippen LogP contribution < -0.4 is 10.6 Å². The summed E-state index contributed by atoms with van der Waals surface area (Å²) in [6.45, 7) is 1.73. The third-order valence-electron chi connectivity index (χ3n) is 4.35. The van der Waals surface area contributed by atoms with E-state index < -0.39 is 17.7 Å². The molecule has 1 amide bonds. The number of anilines is 3. The van der Waals surface area contributed by atoms with Gasteiger partial charge < -0.3 is 20.7 Å². The molecule has 4 rings (SSSR count). The van der Waals surface area contributed by atoms with Gasteiger partial charge in [-0.1, -0.05) is 11.6 Å². The first-order valence-electron chi connectivity index (χ1n) is 8.37. The molecule has 0 aliphatic carbocycles. The van der Waals surface area contributed by atoms with Gasteiger partial charge in [-0.2, -0.15) is 0 Å². The van der Waals surface area contributed by atoms with Gasteiger partial charge in [-0.25, -0.2) is 19.2 Å². The number of hydrogen-bond acceptors (Lipinski definition) is 5. The molecule has 10 heteroatoms. The Hall–Kier alpha value is -3.72. The van der Waals surface area contributed by atoms with Crippen molar-refractivity contribution >= 4 is 52.4 Å². The second-order valence-electron chi connectivity index (χ2n) is 6.30. The number of nitrogens with zero attached hydrogens (tertiary/aromatic N) is 2. The summed E-state index contributed by atoms with van der Waals surface area (Å²) in [6, 6.07) is 5.57. The van der Waals surface area contributed by atoms with Crippen LogP contribution in [0, 0.1) is 12.7 Å². The summed E-state index contributed by atoms with van der Waals surface area (Å²) in [4.78, 5) is 34.7. The topological polar surface area (TPSA) is 120 Å². The van der Waals surface area contributed by atoms with Gasteiger partial charge in [-0.15, -0.1) is 0 Å². The first-order chi connectivity index (χ1) is 13.8. The third-order valence-corrected chi connectivity index (χ3v) is 4.64. The molecule has 3 aromatic rings. The van der Waals surface area contributed by atoms with E-state index in [2.05, 4.69) is 25.6 Å². The molecule has 0 fully saturated rings. The summed E-state index contributed by atoms with van der Waals surface area (Å²) in [5.41, 5.74) is 2.27. The monoisotopic (exact) mass is 413 g/mol. The van der Waals surface area contributed by atoms with Gasteiger partial charge >= 0.3 is 5.97 Å². The molecule has 0 saturated carbocycles. The Balaban J connectivity index is 1.78. The minimum Gasteiger partial charge on any atom is -0.477 e. The van der Waals surface area contributed by atoms with Crippen LogP contribution in [-0.2, 0) is 4.79 Å². The van der Waals surface area contributed by atoms with Crippen molar-refractivity contribution in [1.29, 1.82) is 0 Å². The lowest BCUT2D eigenvalue weighted by atomic mass is 10.1. The van der Waals surface area contributed by atoms with E-state index in [4.69, 9.17) is 16.7 Å². The number of aromatic carboxylic acids is 1. The predicted molar refractivity (Wildman–Crippen MR) is 106 cm³/mol. The average molecular weight is 414 g/mol. The molecule has 0 atom stereocenters. The van der Waals surface area contributed by atoms with E-state index in [1.54, 1.807) is 6.92 Å². The molecule has 1 aromatic carbocycles. The quantitative estimate of drug-likeness (QED) is 0.482. The molecular weight excluding hydrogens is 401 g/mol. The lowest BCUT2D eigenvalue weighted by molar-refractivity contribution is -0.110. The summed E-state index contributed by atoms with van der Waals surface area (Å²) < 4.78 is 13.4. The third kappa shape index (κ3) is 3.43. The minimum absolute atomic E-state index is 0.0107. The Kier molecular flexibility index (Phi) is 4.51. The molecule has 2 aromatic heterocycles. The lowest BCUT2D eigenvalue weighted by Gasteiger charge is -2.10. The van der Waals surface area contributed by atoms with Gasteiger partial charge in [0.2, 0.25) is 0 Å². The van der Waals surface area contributed by atoms with E-state index in [1.165, 1.54) is 36.7 Å². The zero-order chi connectivity index (χ0) is 20.7. The van der Waals surface area contributed by atoms with Gasteiger partial charge in [-0.3, -0.25) is 4.79 Å². The number of nitrogens with one attached hydrogen (secondary N) is 3. The lowest BCUT2D eigenvalue weighted by Crippen LogP contribution is -2.04. The Bertz CT molecular complexity index is 1200. The Morgan fingerprint density at radius 1 is 1.31 bits per heavy atom. The minimum atomic E-state index is -1.10. The molecule has 0 saturated heterocycles. The molecule has 3 heterocycles. The van der Waals surface area contributed by atoms with Crippen LogP contribution in [-0.4, -0.2) is 31.9 Å². The van der Waals surface area contributed by atoms with Crippen molar-refractivity contribution < 1.29 is 19.1 Å². The van der Waals surface area contributed by atoms with Crippen molar-refractivity contribution in [3.05, 3.63) is 63.9 Å². The summed E-state index contributed by atoms with van der Waals surface area (Å²) in [7, 11) is 0. The number of carboxylic acids is 1. The van der Waals surface area contributed by atoms with Crippen LogP contribution in [0.3, 0.4) is 0 Å². The normalized spacial score (nSPS) is 14.0. The molecule has 8 nitrogen and oxygen atoms in total. The van der Waals surface area contributed by atoms with Crippen LogP contribution in [0.15, 0.2) is 30.6 Å². The fourth-order valence-corrected chi connectivity index (χ4v) is 3.13. The Morgan fingerprint density at radius 3 is 2.79 bits per heavy atom. The van der Waals surface area contributed by atoms with E-state index >= 15 is 0 Å². The molecule has 1 aliphatic heterocycles. The fourth-order valence-electron chi connectivity index (χ4n) is 2.95. The molecule has 0 unspecified atom stereocenters. The van der Waals surface area contributed by atoms with Crippen molar-refractivity contribution in [2.75, 3.05) is 10.6 Å². The number of aryl methyl sites for hydroxylation is 1. The van der Waals surface area contributed by atoms with Gasteiger partial charge in [0, 0.05) is 11.4 Å². The number of carbonyl (C=O) groups excluding carboxylic acids is 1. The number of H-pyrrole nitrogens is 1. The second kappa shape index (κ2) is 7.02. The van der Waals surface area contributed by atoms with E-state index in [1.807, 2.05) is 0 Å². The van der Waals surface area contributed by atoms with Crippen molar-refractivity contribution in [3.8, 4) is 0 Å². The number of rotatable bonds is 4. The number of fused-ring (bicyclic) bond motifs is 1. The highest BCUT2D eigenvalue weighted by Crippen LogP contribution is 2.37. The number of hydrogen-bond donors (Lipinski definition) is 4. The van der Waals surface area contributed by atoms with Crippen LogP contribution in [0.5, 0.6) is 0 Å². The summed E-state index contributed by atoms with van der Waals surface area (Å²) in [5, 5.41) is 14.7. The SMILES string of the molecule is Cc1cc(C(=O)O)[nH]c1C=C1C(=O)Nc2ncnc(Nc3ccc(F)c(Cl)c3)c21. The highest BCUT2D eigenvalue weighted by atomic mass is 35.5. The predicted octanol–water partition coefficient (Wildman–Crippen LogP) is 3.84. The van der Waals surface area contributed by atoms with Crippen molar-refractivity contribution in [1.82, 2.24) is 15.0 Å². The zero-order valence-corrected chi connectivity index (χ0v) is 15.6. The molecule has 4 N–H and O–H groups in total. The van der Waals surface area contributed by atoms with Gasteiger partial charge in [0.15, 0.2) is 0 Å². The van der Waals surface area contributed by atoms with E-state index in [-0.39, 0.29) is 16.3 Å². The van der Waals surface area contributed by atoms with Crippen molar-refractivity contribution in [3.63, 3.8) is 0 Å². The van der Waals surface area contributed by atoms with Crippen LogP contribution in [0.25, 0.3) is 11.6 Å². The number of aromatic amines is 1.